The topological polar surface area (TPSA) is 130 Å². The Hall–Kier alpha value is -4.08. The van der Waals surface area contributed by atoms with Crippen LogP contribution < -0.4 is 10.6 Å². The van der Waals surface area contributed by atoms with Crippen molar-refractivity contribution in [2.45, 2.75) is 12.8 Å². The van der Waals surface area contributed by atoms with Crippen molar-refractivity contribution in [1.29, 1.82) is 0 Å². The number of hydrogen-bond donors (Lipinski definition) is 3. The van der Waals surface area contributed by atoms with Gasteiger partial charge in [-0.05, 0) is 35.8 Å². The summed E-state index contributed by atoms with van der Waals surface area (Å²) in [6.07, 6.45) is 3.27. The predicted octanol–water partition coefficient (Wildman–Crippen LogP) is 2.13. The first-order valence-corrected chi connectivity index (χ1v) is 9.93. The molecular weight excluding hydrogens is 396 g/mol. The molecule has 1 aromatic carbocycles. The third-order valence-electron chi connectivity index (χ3n) is 5.27. The highest BCUT2D eigenvalue weighted by Gasteiger charge is 2.30. The van der Waals surface area contributed by atoms with E-state index in [-0.39, 0.29) is 17.7 Å². The van der Waals surface area contributed by atoms with Crippen LogP contribution in [0, 0.1) is 5.92 Å². The number of H-pyrrole nitrogens is 1. The summed E-state index contributed by atoms with van der Waals surface area (Å²) < 4.78 is 0. The molecular formula is C21H20N8O2. The molecule has 0 saturated heterocycles. The largest absolute Gasteiger partial charge is 0.355 e. The fraction of sp³-hybridized carbons (Fsp3) is 0.238. The number of carbonyl (C=O) groups excluding carboxylic acids is 2. The highest BCUT2D eigenvalue weighted by molar-refractivity contribution is 6.11. The normalized spacial score (nSPS) is 13.4. The van der Waals surface area contributed by atoms with Crippen LogP contribution in [0.15, 0.2) is 36.5 Å². The molecule has 1 aliphatic carbocycles. The maximum absolute atomic E-state index is 12.4. The zero-order valence-corrected chi connectivity index (χ0v) is 17.0. The molecule has 0 atom stereocenters. The Kier molecular flexibility index (Phi) is 4.46. The highest BCUT2D eigenvalue weighted by atomic mass is 16.2. The van der Waals surface area contributed by atoms with E-state index in [0.717, 1.165) is 29.7 Å². The quantitative estimate of drug-likeness (QED) is 0.457. The van der Waals surface area contributed by atoms with Crippen LogP contribution in [0.2, 0.25) is 0 Å². The molecule has 0 spiro atoms. The van der Waals surface area contributed by atoms with Crippen molar-refractivity contribution in [3.63, 3.8) is 0 Å². The molecule has 1 saturated carbocycles. The number of rotatable bonds is 5. The van der Waals surface area contributed by atoms with E-state index in [0.29, 0.717) is 28.1 Å². The molecule has 3 heterocycles. The fourth-order valence-corrected chi connectivity index (χ4v) is 3.47. The second kappa shape index (κ2) is 7.31. The summed E-state index contributed by atoms with van der Waals surface area (Å²) in [5, 5.41) is 18.4. The molecule has 0 radical (unpaired) electrons. The van der Waals surface area contributed by atoms with Crippen LogP contribution in [0.3, 0.4) is 0 Å². The van der Waals surface area contributed by atoms with Crippen molar-refractivity contribution in [3.8, 4) is 22.6 Å². The molecule has 3 N–H and O–H groups in total. The molecule has 10 heteroatoms. The minimum atomic E-state index is -0.249. The third kappa shape index (κ3) is 3.52. The number of aromatic amines is 1. The number of amides is 2. The Bertz CT molecular complexity index is 1320. The summed E-state index contributed by atoms with van der Waals surface area (Å²) in [6.45, 7) is 0. The second-order valence-electron chi connectivity index (χ2n) is 7.52. The number of nitrogens with one attached hydrogen (secondary N) is 3. The van der Waals surface area contributed by atoms with E-state index in [9.17, 15) is 9.59 Å². The van der Waals surface area contributed by atoms with Crippen molar-refractivity contribution in [1.82, 2.24) is 35.5 Å². The van der Waals surface area contributed by atoms with Crippen LogP contribution in [0.4, 0.5) is 5.82 Å². The Labute approximate surface area is 177 Å². The predicted molar refractivity (Wildman–Crippen MR) is 114 cm³/mol. The van der Waals surface area contributed by atoms with Crippen molar-refractivity contribution in [2.24, 2.45) is 13.0 Å². The Morgan fingerprint density at radius 3 is 2.71 bits per heavy atom. The third-order valence-corrected chi connectivity index (χ3v) is 5.27. The molecule has 2 amide bonds. The highest BCUT2D eigenvalue weighted by Crippen LogP contribution is 2.34. The smallest absolute Gasteiger partial charge is 0.253 e. The van der Waals surface area contributed by atoms with E-state index in [2.05, 4.69) is 36.0 Å². The van der Waals surface area contributed by atoms with E-state index < -0.39 is 0 Å². The summed E-state index contributed by atoms with van der Waals surface area (Å²) in [5.41, 5.74) is 3.50. The van der Waals surface area contributed by atoms with Gasteiger partial charge in [0.25, 0.3) is 5.91 Å². The lowest BCUT2D eigenvalue weighted by Crippen LogP contribution is -2.19. The first kappa shape index (κ1) is 18.9. The van der Waals surface area contributed by atoms with Crippen molar-refractivity contribution in [3.05, 3.63) is 42.1 Å². The average molecular weight is 416 g/mol. The van der Waals surface area contributed by atoms with Gasteiger partial charge in [0.1, 0.15) is 0 Å². The number of aryl methyl sites for hydroxylation is 1. The maximum atomic E-state index is 12.4. The Morgan fingerprint density at radius 2 is 2.00 bits per heavy atom. The molecule has 0 bridgehead atoms. The molecule has 5 rings (SSSR count). The molecule has 1 aliphatic rings. The van der Waals surface area contributed by atoms with Gasteiger partial charge in [0.15, 0.2) is 5.82 Å². The lowest BCUT2D eigenvalue weighted by atomic mass is 10.1. The summed E-state index contributed by atoms with van der Waals surface area (Å²) in [5.74, 6) is 0.679. The Balaban J connectivity index is 1.61. The standard InChI is InChI=1S/C21H20N8O2/c1-22-21(31)15-10-23-19(25-20(30)11-6-7-11)17-14(15)9-16(24-17)12-4-3-5-13(8-12)18-26-28-29(2)27-18/h3-5,8-11,24H,6-7H2,1-2H3,(H,22,31)(H,23,25,30). The van der Waals surface area contributed by atoms with Gasteiger partial charge in [-0.25, -0.2) is 4.98 Å². The number of fused-ring (bicyclic) bond motifs is 1. The van der Waals surface area contributed by atoms with Gasteiger partial charge < -0.3 is 15.6 Å². The molecule has 156 valence electrons. The van der Waals surface area contributed by atoms with Gasteiger partial charge in [0.05, 0.1) is 18.1 Å². The Morgan fingerprint density at radius 1 is 1.19 bits per heavy atom. The fourth-order valence-electron chi connectivity index (χ4n) is 3.47. The van der Waals surface area contributed by atoms with E-state index in [1.54, 1.807) is 14.1 Å². The average Bonchev–Trinajstić information content (AvgIpc) is 3.39. The van der Waals surface area contributed by atoms with Gasteiger partial charge >= 0.3 is 0 Å². The molecule has 1 fully saturated rings. The zero-order valence-electron chi connectivity index (χ0n) is 17.0. The number of tetrazole rings is 1. The molecule has 10 nitrogen and oxygen atoms in total. The monoisotopic (exact) mass is 416 g/mol. The van der Waals surface area contributed by atoms with E-state index >= 15 is 0 Å². The van der Waals surface area contributed by atoms with Crippen molar-refractivity contribution >= 4 is 28.5 Å². The number of hydrogen-bond acceptors (Lipinski definition) is 6. The van der Waals surface area contributed by atoms with Crippen LogP contribution >= 0.6 is 0 Å². The number of pyridine rings is 1. The molecule has 0 aliphatic heterocycles. The van der Waals surface area contributed by atoms with Crippen molar-refractivity contribution < 1.29 is 9.59 Å². The van der Waals surface area contributed by atoms with Crippen LogP contribution in [-0.2, 0) is 11.8 Å². The minimum Gasteiger partial charge on any atom is -0.355 e. The first-order chi connectivity index (χ1) is 15.0. The summed E-state index contributed by atoms with van der Waals surface area (Å²) in [4.78, 5) is 33.8. The molecule has 3 aromatic heterocycles. The van der Waals surface area contributed by atoms with Gasteiger partial charge in [-0.2, -0.15) is 4.80 Å². The first-order valence-electron chi connectivity index (χ1n) is 9.93. The maximum Gasteiger partial charge on any atom is 0.253 e. The van der Waals surface area contributed by atoms with Crippen LogP contribution in [0.5, 0.6) is 0 Å². The van der Waals surface area contributed by atoms with Gasteiger partial charge in [-0.15, -0.1) is 10.2 Å². The van der Waals surface area contributed by atoms with Crippen molar-refractivity contribution in [2.75, 3.05) is 12.4 Å². The SMILES string of the molecule is CNC(=O)c1cnc(NC(=O)C2CC2)c2[nH]c(-c3cccc(-c4nnn(C)n4)c3)cc12. The molecule has 4 aromatic rings. The summed E-state index contributed by atoms with van der Waals surface area (Å²) in [6, 6.07) is 9.58. The number of anilines is 1. The number of nitrogens with zero attached hydrogens (tertiary/aromatic N) is 5. The summed E-state index contributed by atoms with van der Waals surface area (Å²) in [7, 11) is 3.28. The number of aromatic nitrogens is 6. The summed E-state index contributed by atoms with van der Waals surface area (Å²) >= 11 is 0. The minimum absolute atomic E-state index is 0.0427. The van der Waals surface area contributed by atoms with Gasteiger partial charge in [-0.1, -0.05) is 18.2 Å². The van der Waals surface area contributed by atoms with Crippen LogP contribution in [-0.4, -0.2) is 49.0 Å². The van der Waals surface area contributed by atoms with Crippen LogP contribution in [0.1, 0.15) is 23.2 Å². The number of carbonyl (C=O) groups is 2. The van der Waals surface area contributed by atoms with Gasteiger partial charge in [0.2, 0.25) is 11.7 Å². The van der Waals surface area contributed by atoms with Gasteiger partial charge in [0, 0.05) is 35.8 Å². The lowest BCUT2D eigenvalue weighted by molar-refractivity contribution is -0.117. The van der Waals surface area contributed by atoms with E-state index in [1.807, 2.05) is 30.3 Å². The van der Waals surface area contributed by atoms with Crippen LogP contribution in [0.25, 0.3) is 33.5 Å². The molecule has 0 unspecified atom stereocenters. The number of benzene rings is 1. The second-order valence-corrected chi connectivity index (χ2v) is 7.52. The zero-order chi connectivity index (χ0) is 21.5. The lowest BCUT2D eigenvalue weighted by Gasteiger charge is -2.07. The van der Waals surface area contributed by atoms with E-state index in [1.165, 1.54) is 11.0 Å². The molecule has 31 heavy (non-hydrogen) atoms. The van der Waals surface area contributed by atoms with Gasteiger partial charge in [-0.3, -0.25) is 9.59 Å². The van der Waals surface area contributed by atoms with E-state index in [4.69, 9.17) is 0 Å².